The highest BCUT2D eigenvalue weighted by Crippen LogP contribution is 2.02. The molecule has 5 heteroatoms. The van der Waals surface area contributed by atoms with Gasteiger partial charge in [0.1, 0.15) is 5.76 Å². The van der Waals surface area contributed by atoms with Crippen LogP contribution in [0.15, 0.2) is 28.9 Å². The molecule has 0 bridgehead atoms. The molecule has 0 atom stereocenters. The summed E-state index contributed by atoms with van der Waals surface area (Å²) in [5, 5.41) is 8.45. The summed E-state index contributed by atoms with van der Waals surface area (Å²) < 4.78 is 5.01. The minimum absolute atomic E-state index is 0.0587. The molecule has 0 spiro atoms. The van der Waals surface area contributed by atoms with Gasteiger partial charge in [-0.05, 0) is 18.2 Å². The van der Waals surface area contributed by atoms with Crippen LogP contribution in [0.4, 0.5) is 0 Å². The lowest BCUT2D eigenvalue weighted by atomic mass is 10.3. The molecule has 0 aliphatic carbocycles. The van der Waals surface area contributed by atoms with E-state index in [-0.39, 0.29) is 18.9 Å². The third kappa shape index (κ3) is 4.00. The number of aliphatic carboxylic acids is 1. The Balaban J connectivity index is 2.42. The predicted molar refractivity (Wildman–Crippen MR) is 57.6 cm³/mol. The van der Waals surface area contributed by atoms with E-state index in [1.165, 1.54) is 17.2 Å². The number of likely N-dealkylation sites (N-methyl/N-ethyl adjacent to an activating group) is 1. The van der Waals surface area contributed by atoms with Gasteiger partial charge in [-0.2, -0.15) is 0 Å². The van der Waals surface area contributed by atoms with Crippen molar-refractivity contribution in [2.75, 3.05) is 13.6 Å². The Bertz CT molecular complexity index is 381. The van der Waals surface area contributed by atoms with Crippen LogP contribution in [0.1, 0.15) is 12.2 Å². The van der Waals surface area contributed by atoms with Crippen LogP contribution in [-0.2, 0) is 9.59 Å². The van der Waals surface area contributed by atoms with Crippen LogP contribution < -0.4 is 0 Å². The number of furan rings is 1. The number of rotatable bonds is 5. The summed E-state index contributed by atoms with van der Waals surface area (Å²) in [6.07, 6.45) is 4.34. The zero-order valence-corrected chi connectivity index (χ0v) is 8.92. The second kappa shape index (κ2) is 5.75. The van der Waals surface area contributed by atoms with E-state index in [1.807, 2.05) is 0 Å². The van der Waals surface area contributed by atoms with E-state index in [4.69, 9.17) is 9.52 Å². The van der Waals surface area contributed by atoms with Gasteiger partial charge >= 0.3 is 5.97 Å². The molecule has 1 aromatic rings. The van der Waals surface area contributed by atoms with E-state index in [9.17, 15) is 9.59 Å². The minimum Gasteiger partial charge on any atom is -0.481 e. The Morgan fingerprint density at radius 1 is 1.56 bits per heavy atom. The van der Waals surface area contributed by atoms with E-state index in [1.54, 1.807) is 25.3 Å². The first-order valence-electron chi connectivity index (χ1n) is 4.78. The van der Waals surface area contributed by atoms with Crippen LogP contribution in [0.2, 0.25) is 0 Å². The van der Waals surface area contributed by atoms with Crippen molar-refractivity contribution in [3.8, 4) is 0 Å². The molecule has 16 heavy (non-hydrogen) atoms. The summed E-state index contributed by atoms with van der Waals surface area (Å²) in [6.45, 7) is 0.191. The number of carbonyl (C=O) groups excluding carboxylic acids is 1. The first-order chi connectivity index (χ1) is 7.59. The minimum atomic E-state index is -0.922. The lowest BCUT2D eigenvalue weighted by Gasteiger charge is -2.12. The molecule has 1 amide bonds. The normalized spacial score (nSPS) is 10.6. The molecule has 1 N–H and O–H groups in total. The Morgan fingerprint density at radius 3 is 2.88 bits per heavy atom. The summed E-state index contributed by atoms with van der Waals surface area (Å²) in [7, 11) is 1.55. The van der Waals surface area contributed by atoms with Crippen LogP contribution in [0.25, 0.3) is 6.08 Å². The van der Waals surface area contributed by atoms with Crippen LogP contribution >= 0.6 is 0 Å². The van der Waals surface area contributed by atoms with Crippen molar-refractivity contribution < 1.29 is 19.1 Å². The molecule has 1 heterocycles. The topological polar surface area (TPSA) is 70.8 Å². The molecule has 1 aromatic heterocycles. The van der Waals surface area contributed by atoms with E-state index in [0.717, 1.165) is 0 Å². The first kappa shape index (κ1) is 12.0. The maximum absolute atomic E-state index is 11.5. The van der Waals surface area contributed by atoms with Crippen molar-refractivity contribution in [2.45, 2.75) is 6.42 Å². The van der Waals surface area contributed by atoms with Gasteiger partial charge in [0.2, 0.25) is 5.91 Å². The van der Waals surface area contributed by atoms with Crippen molar-refractivity contribution >= 4 is 18.0 Å². The third-order valence-corrected chi connectivity index (χ3v) is 1.97. The van der Waals surface area contributed by atoms with E-state index in [0.29, 0.717) is 5.76 Å². The van der Waals surface area contributed by atoms with Gasteiger partial charge in [0.05, 0.1) is 12.7 Å². The van der Waals surface area contributed by atoms with Crippen LogP contribution in [0.5, 0.6) is 0 Å². The molecule has 1 rings (SSSR count). The largest absolute Gasteiger partial charge is 0.481 e. The molecule has 0 aliphatic rings. The smallest absolute Gasteiger partial charge is 0.305 e. The fourth-order valence-electron chi connectivity index (χ4n) is 1.04. The summed E-state index contributed by atoms with van der Waals surface area (Å²) in [5.41, 5.74) is 0. The van der Waals surface area contributed by atoms with Gasteiger partial charge < -0.3 is 14.4 Å². The Hall–Kier alpha value is -2.04. The molecule has 0 aliphatic heterocycles. The monoisotopic (exact) mass is 223 g/mol. The summed E-state index contributed by atoms with van der Waals surface area (Å²) in [6, 6.07) is 3.44. The highest BCUT2D eigenvalue weighted by molar-refractivity contribution is 5.91. The van der Waals surface area contributed by atoms with Crippen molar-refractivity contribution in [1.29, 1.82) is 0 Å². The number of hydrogen-bond donors (Lipinski definition) is 1. The molecule has 5 nitrogen and oxygen atoms in total. The van der Waals surface area contributed by atoms with Gasteiger partial charge in [-0.25, -0.2) is 0 Å². The molecule has 0 radical (unpaired) electrons. The number of carboxylic acids is 1. The molecular formula is C11H13NO4. The van der Waals surface area contributed by atoms with Gasteiger partial charge in [0.15, 0.2) is 0 Å². The van der Waals surface area contributed by atoms with Gasteiger partial charge in [-0.3, -0.25) is 9.59 Å². The molecule has 0 fully saturated rings. The second-order valence-electron chi connectivity index (χ2n) is 3.25. The zero-order valence-electron chi connectivity index (χ0n) is 8.92. The Morgan fingerprint density at radius 2 is 2.31 bits per heavy atom. The van der Waals surface area contributed by atoms with Crippen LogP contribution in [0, 0.1) is 0 Å². The highest BCUT2D eigenvalue weighted by atomic mass is 16.4. The number of nitrogens with zero attached hydrogens (tertiary/aromatic N) is 1. The Kier molecular flexibility index (Phi) is 4.32. The highest BCUT2D eigenvalue weighted by Gasteiger charge is 2.06. The lowest BCUT2D eigenvalue weighted by molar-refractivity contribution is -0.137. The Labute approximate surface area is 93.0 Å². The fraction of sp³-hybridized carbons (Fsp3) is 0.273. The standard InChI is InChI=1S/C11H13NO4/c1-12(7-6-11(14)15)10(13)5-4-9-3-2-8-16-9/h2-5,8H,6-7H2,1H3,(H,14,15). The third-order valence-electron chi connectivity index (χ3n) is 1.97. The van der Waals surface area contributed by atoms with Crippen molar-refractivity contribution in [3.63, 3.8) is 0 Å². The summed E-state index contributed by atoms with van der Waals surface area (Å²) in [5.74, 6) is -0.590. The van der Waals surface area contributed by atoms with Gasteiger partial charge in [-0.15, -0.1) is 0 Å². The molecule has 0 unspecified atom stereocenters. The zero-order chi connectivity index (χ0) is 12.0. The second-order valence-corrected chi connectivity index (χ2v) is 3.25. The van der Waals surface area contributed by atoms with E-state index >= 15 is 0 Å². The first-order valence-corrected chi connectivity index (χ1v) is 4.78. The number of carbonyl (C=O) groups is 2. The number of amides is 1. The van der Waals surface area contributed by atoms with Crippen LogP contribution in [0.3, 0.4) is 0 Å². The van der Waals surface area contributed by atoms with E-state index in [2.05, 4.69) is 0 Å². The molecule has 0 aromatic carbocycles. The number of hydrogen-bond acceptors (Lipinski definition) is 3. The van der Waals surface area contributed by atoms with Crippen molar-refractivity contribution in [2.24, 2.45) is 0 Å². The quantitative estimate of drug-likeness (QED) is 0.762. The molecule has 86 valence electrons. The predicted octanol–water partition coefficient (Wildman–Crippen LogP) is 1.23. The number of carboxylic acid groups (broad SMARTS) is 1. The van der Waals surface area contributed by atoms with Crippen molar-refractivity contribution in [3.05, 3.63) is 30.2 Å². The molecular weight excluding hydrogens is 210 g/mol. The van der Waals surface area contributed by atoms with Gasteiger partial charge in [-0.1, -0.05) is 0 Å². The van der Waals surface area contributed by atoms with Crippen LogP contribution in [-0.4, -0.2) is 35.5 Å². The van der Waals surface area contributed by atoms with Crippen molar-refractivity contribution in [1.82, 2.24) is 4.90 Å². The van der Waals surface area contributed by atoms with E-state index < -0.39 is 5.97 Å². The summed E-state index contributed by atoms with van der Waals surface area (Å²) in [4.78, 5) is 23.1. The SMILES string of the molecule is CN(CCC(=O)O)C(=O)C=Cc1ccco1. The maximum atomic E-state index is 11.5. The summed E-state index contributed by atoms with van der Waals surface area (Å²) >= 11 is 0. The lowest BCUT2D eigenvalue weighted by Crippen LogP contribution is -2.27. The fourth-order valence-corrected chi connectivity index (χ4v) is 1.04. The molecule has 0 saturated heterocycles. The van der Waals surface area contributed by atoms with Gasteiger partial charge in [0, 0.05) is 19.7 Å². The molecule has 0 saturated carbocycles. The average molecular weight is 223 g/mol. The van der Waals surface area contributed by atoms with Gasteiger partial charge in [0.25, 0.3) is 0 Å². The average Bonchev–Trinajstić information content (AvgIpc) is 2.75. The maximum Gasteiger partial charge on any atom is 0.305 e.